The minimum Gasteiger partial charge on any atom is -0.497 e. The van der Waals surface area contributed by atoms with Crippen LogP contribution in [-0.4, -0.2) is 30.9 Å². The van der Waals surface area contributed by atoms with Gasteiger partial charge in [0.2, 0.25) is 0 Å². The van der Waals surface area contributed by atoms with Crippen LogP contribution in [0.2, 0.25) is 0 Å². The van der Waals surface area contributed by atoms with Gasteiger partial charge in [0.1, 0.15) is 17.3 Å². The summed E-state index contributed by atoms with van der Waals surface area (Å²) < 4.78 is 27.8. The molecule has 0 N–H and O–H groups in total. The van der Waals surface area contributed by atoms with Crippen LogP contribution in [0.4, 0.5) is 10.1 Å². The van der Waals surface area contributed by atoms with Gasteiger partial charge in [-0.25, -0.2) is 13.8 Å². The molecule has 0 radical (unpaired) electrons. The van der Waals surface area contributed by atoms with Crippen molar-refractivity contribution in [3.63, 3.8) is 0 Å². The van der Waals surface area contributed by atoms with E-state index in [1.165, 1.54) is 48.7 Å². The summed E-state index contributed by atoms with van der Waals surface area (Å²) in [5, 5.41) is 16.4. The normalized spacial score (nSPS) is 11.3. The smallest absolute Gasteiger partial charge is 0.357 e. The summed E-state index contributed by atoms with van der Waals surface area (Å²) in [7, 11) is 1.51. The summed E-state index contributed by atoms with van der Waals surface area (Å²) in [5.74, 6) is 0.219. The molecule has 208 valence electrons. The highest BCUT2D eigenvalue weighted by molar-refractivity contribution is 5.71. The summed E-state index contributed by atoms with van der Waals surface area (Å²) in [5.41, 5.74) is -0.572. The Hall–Kier alpha value is -5.52. The van der Waals surface area contributed by atoms with Gasteiger partial charge in [-0.15, -0.1) is 0 Å². The SMILES string of the molecule is COc1ccc(Cn2c(=O)c([N+](=O)[O-])c(C=Cc3cnn(Cc4ccccc4F)c3)n(Cc3ccoc3)c2=O)cc1. The first kappa shape index (κ1) is 27.1. The van der Waals surface area contributed by atoms with E-state index < -0.39 is 21.9 Å². The van der Waals surface area contributed by atoms with Crippen LogP contribution < -0.4 is 16.0 Å². The Labute approximate surface area is 232 Å². The van der Waals surface area contributed by atoms with E-state index in [1.54, 1.807) is 54.7 Å². The molecule has 11 nitrogen and oxygen atoms in total. The van der Waals surface area contributed by atoms with Crippen LogP contribution in [0.3, 0.4) is 0 Å². The number of benzene rings is 2. The molecule has 2 aromatic carbocycles. The lowest BCUT2D eigenvalue weighted by Crippen LogP contribution is -2.42. The van der Waals surface area contributed by atoms with E-state index in [9.17, 15) is 24.1 Å². The zero-order valence-electron chi connectivity index (χ0n) is 21.8. The molecule has 0 aliphatic rings. The molecule has 41 heavy (non-hydrogen) atoms. The van der Waals surface area contributed by atoms with Crippen LogP contribution in [0.15, 0.2) is 93.5 Å². The highest BCUT2D eigenvalue weighted by Crippen LogP contribution is 2.19. The molecular weight excluding hydrogens is 533 g/mol. The van der Waals surface area contributed by atoms with Crippen molar-refractivity contribution in [1.29, 1.82) is 0 Å². The van der Waals surface area contributed by atoms with Gasteiger partial charge in [0.25, 0.3) is 0 Å². The van der Waals surface area contributed by atoms with Crippen LogP contribution in [-0.2, 0) is 19.6 Å². The topological polar surface area (TPSA) is 127 Å². The van der Waals surface area contributed by atoms with Gasteiger partial charge in [0.15, 0.2) is 0 Å². The van der Waals surface area contributed by atoms with Gasteiger partial charge in [-0.2, -0.15) is 5.10 Å². The van der Waals surface area contributed by atoms with Gasteiger partial charge in [0, 0.05) is 22.9 Å². The Bertz CT molecular complexity index is 1840. The van der Waals surface area contributed by atoms with Crippen LogP contribution >= 0.6 is 0 Å². The summed E-state index contributed by atoms with van der Waals surface area (Å²) in [6.07, 6.45) is 8.79. The Morgan fingerprint density at radius 1 is 1.00 bits per heavy atom. The fourth-order valence-electron chi connectivity index (χ4n) is 4.34. The quantitative estimate of drug-likeness (QED) is 0.186. The minimum atomic E-state index is -1.03. The molecule has 3 aromatic heterocycles. The van der Waals surface area contributed by atoms with Crippen molar-refractivity contribution in [2.24, 2.45) is 0 Å². The molecule has 0 saturated heterocycles. The number of hydrogen-bond donors (Lipinski definition) is 0. The summed E-state index contributed by atoms with van der Waals surface area (Å²) in [6, 6.07) is 14.6. The first-order valence-corrected chi connectivity index (χ1v) is 12.4. The molecule has 12 heteroatoms. The monoisotopic (exact) mass is 557 g/mol. The lowest BCUT2D eigenvalue weighted by molar-refractivity contribution is -0.387. The summed E-state index contributed by atoms with van der Waals surface area (Å²) >= 11 is 0. The number of methoxy groups -OCH3 is 1. The van der Waals surface area contributed by atoms with Gasteiger partial charge < -0.3 is 9.15 Å². The number of furan rings is 1. The second-order valence-electron chi connectivity index (χ2n) is 9.13. The van der Waals surface area contributed by atoms with E-state index in [4.69, 9.17) is 9.15 Å². The fourth-order valence-corrected chi connectivity index (χ4v) is 4.34. The highest BCUT2D eigenvalue weighted by atomic mass is 19.1. The van der Waals surface area contributed by atoms with Crippen molar-refractivity contribution in [3.05, 3.63) is 144 Å². The maximum absolute atomic E-state index is 14.1. The molecule has 3 heterocycles. The molecule has 0 aliphatic heterocycles. The molecule has 0 fully saturated rings. The standard InChI is InChI=1S/C29H24FN5O6/c1-40-24-9-6-20(7-10-24)16-34-28(36)27(35(38)39)26(33(29(34)37)17-22-12-13-41-19-22)11-8-21-14-31-32(15-21)18-23-4-2-3-5-25(23)30/h2-15,19H,16-18H2,1H3. The summed E-state index contributed by atoms with van der Waals surface area (Å²) in [4.78, 5) is 38.4. The number of hydrogen-bond acceptors (Lipinski definition) is 7. The maximum atomic E-state index is 14.1. The van der Waals surface area contributed by atoms with Crippen LogP contribution in [0.5, 0.6) is 5.75 Å². The number of nitrogens with zero attached hydrogens (tertiary/aromatic N) is 5. The van der Waals surface area contributed by atoms with Gasteiger partial charge in [-0.3, -0.25) is 24.2 Å². The summed E-state index contributed by atoms with van der Waals surface area (Å²) in [6.45, 7) is -0.0841. The van der Waals surface area contributed by atoms with E-state index in [1.807, 2.05) is 0 Å². The van der Waals surface area contributed by atoms with E-state index in [2.05, 4.69) is 5.10 Å². The molecule has 0 atom stereocenters. The molecule has 0 saturated carbocycles. The zero-order chi connectivity index (χ0) is 28.9. The first-order chi connectivity index (χ1) is 19.8. The van der Waals surface area contributed by atoms with E-state index in [0.29, 0.717) is 28.0 Å². The third-order valence-corrected chi connectivity index (χ3v) is 6.42. The van der Waals surface area contributed by atoms with Crippen molar-refractivity contribution in [2.75, 3.05) is 7.11 Å². The molecule has 0 spiro atoms. The van der Waals surface area contributed by atoms with Gasteiger partial charge in [-0.1, -0.05) is 30.3 Å². The van der Waals surface area contributed by atoms with Gasteiger partial charge in [0.05, 0.1) is 50.4 Å². The van der Waals surface area contributed by atoms with Crippen LogP contribution in [0.1, 0.15) is 27.9 Å². The van der Waals surface area contributed by atoms with Crippen molar-refractivity contribution in [3.8, 4) is 5.75 Å². The van der Waals surface area contributed by atoms with Crippen LogP contribution in [0.25, 0.3) is 12.2 Å². The number of ether oxygens (including phenoxy) is 1. The largest absolute Gasteiger partial charge is 0.497 e. The first-order valence-electron chi connectivity index (χ1n) is 12.4. The average molecular weight is 558 g/mol. The number of halogens is 1. The molecule has 0 amide bonds. The van der Waals surface area contributed by atoms with Gasteiger partial charge >= 0.3 is 16.9 Å². The highest BCUT2D eigenvalue weighted by Gasteiger charge is 2.27. The predicted molar refractivity (Wildman–Crippen MR) is 148 cm³/mol. The number of rotatable bonds is 10. The second kappa shape index (κ2) is 11.7. The zero-order valence-corrected chi connectivity index (χ0v) is 21.8. The minimum absolute atomic E-state index is 0.0781. The Balaban J connectivity index is 1.56. The van der Waals surface area contributed by atoms with E-state index >= 15 is 0 Å². The third kappa shape index (κ3) is 5.91. The number of nitro groups is 1. The molecule has 5 aromatic rings. The lowest BCUT2D eigenvalue weighted by atomic mass is 10.2. The maximum Gasteiger partial charge on any atom is 0.357 e. The molecular formula is C29H24FN5O6. The molecule has 0 bridgehead atoms. The van der Waals surface area contributed by atoms with Crippen molar-refractivity contribution in [2.45, 2.75) is 19.6 Å². The Kier molecular flexibility index (Phi) is 7.72. The Morgan fingerprint density at radius 2 is 1.76 bits per heavy atom. The van der Waals surface area contributed by atoms with E-state index in [0.717, 1.165) is 9.13 Å². The molecule has 5 rings (SSSR count). The second-order valence-corrected chi connectivity index (χ2v) is 9.13. The Morgan fingerprint density at radius 3 is 2.44 bits per heavy atom. The van der Waals surface area contributed by atoms with Crippen LogP contribution in [0, 0.1) is 15.9 Å². The molecule has 0 aliphatic carbocycles. The third-order valence-electron chi connectivity index (χ3n) is 6.42. The number of aromatic nitrogens is 4. The average Bonchev–Trinajstić information content (AvgIpc) is 3.65. The van der Waals surface area contributed by atoms with E-state index in [-0.39, 0.29) is 31.1 Å². The lowest BCUT2D eigenvalue weighted by Gasteiger charge is -2.14. The fraction of sp³-hybridized carbons (Fsp3) is 0.138. The van der Waals surface area contributed by atoms with Crippen molar-refractivity contribution < 1.29 is 18.5 Å². The van der Waals surface area contributed by atoms with Crippen molar-refractivity contribution in [1.82, 2.24) is 18.9 Å². The van der Waals surface area contributed by atoms with Gasteiger partial charge in [-0.05, 0) is 42.0 Å². The predicted octanol–water partition coefficient (Wildman–Crippen LogP) is 4.17. The molecule has 0 unspecified atom stereocenters. The van der Waals surface area contributed by atoms with Crippen molar-refractivity contribution >= 4 is 17.8 Å².